The summed E-state index contributed by atoms with van der Waals surface area (Å²) in [6, 6.07) is 8.63. The molecule has 2 heterocycles. The fraction of sp³-hybridized carbons (Fsp3) is 0.389. The number of rotatable bonds is 5. The van der Waals surface area contributed by atoms with E-state index in [-0.39, 0.29) is 28.9 Å². The van der Waals surface area contributed by atoms with Crippen molar-refractivity contribution in [2.45, 2.75) is 32.4 Å². The summed E-state index contributed by atoms with van der Waals surface area (Å²) in [5, 5.41) is 2.60. The fourth-order valence-corrected chi connectivity index (χ4v) is 4.46. The van der Waals surface area contributed by atoms with E-state index in [4.69, 9.17) is 9.15 Å². The second-order valence-electron chi connectivity index (χ2n) is 6.45. The number of carbonyl (C=O) groups excluding carboxylic acids is 2. The molecule has 2 atom stereocenters. The molecule has 1 aliphatic heterocycles. The lowest BCUT2D eigenvalue weighted by molar-refractivity contribution is -0.129. The lowest BCUT2D eigenvalue weighted by atomic mass is 10.2. The maximum atomic E-state index is 12.3. The molecule has 2 aromatic rings. The van der Waals surface area contributed by atoms with Gasteiger partial charge in [0.25, 0.3) is 5.91 Å². The number of nitrogens with one attached hydrogen (secondary N) is 1. The van der Waals surface area contributed by atoms with E-state index in [2.05, 4.69) is 10.3 Å². The molecule has 1 amide bonds. The molecule has 1 N–H and O–H groups in total. The van der Waals surface area contributed by atoms with Gasteiger partial charge in [0.15, 0.2) is 21.6 Å². The molecule has 1 saturated heterocycles. The van der Waals surface area contributed by atoms with Crippen molar-refractivity contribution in [1.29, 1.82) is 0 Å². The van der Waals surface area contributed by atoms with Gasteiger partial charge in [-0.2, -0.15) is 0 Å². The predicted octanol–water partition coefficient (Wildman–Crippen LogP) is 1.50. The molecule has 0 radical (unpaired) electrons. The third-order valence-corrected chi connectivity index (χ3v) is 6.01. The minimum Gasteiger partial charge on any atom is -0.448 e. The van der Waals surface area contributed by atoms with Gasteiger partial charge in [-0.3, -0.25) is 4.79 Å². The molecular weight excluding hydrogens is 372 g/mol. The number of amides is 1. The number of aromatic nitrogens is 1. The highest BCUT2D eigenvalue weighted by Gasteiger charge is 2.31. The Morgan fingerprint density at radius 3 is 2.63 bits per heavy atom. The molecule has 0 spiro atoms. The average molecular weight is 392 g/mol. The van der Waals surface area contributed by atoms with Crippen LogP contribution in [0.2, 0.25) is 0 Å². The lowest BCUT2D eigenvalue weighted by Gasteiger charge is -2.16. The van der Waals surface area contributed by atoms with Crippen LogP contribution in [0.25, 0.3) is 11.5 Å². The smallest absolute Gasteiger partial charge is 0.361 e. The summed E-state index contributed by atoms with van der Waals surface area (Å²) in [7, 11) is -3.11. The molecule has 144 valence electrons. The summed E-state index contributed by atoms with van der Waals surface area (Å²) in [5.74, 6) is -0.800. The van der Waals surface area contributed by atoms with Crippen molar-refractivity contribution in [3.05, 3.63) is 41.8 Å². The van der Waals surface area contributed by atoms with Crippen molar-refractivity contribution < 1.29 is 27.2 Å². The summed E-state index contributed by atoms with van der Waals surface area (Å²) < 4.78 is 33.6. The number of sulfone groups is 1. The molecule has 0 aliphatic carbocycles. The Morgan fingerprint density at radius 2 is 2.00 bits per heavy atom. The zero-order valence-electron chi connectivity index (χ0n) is 15.0. The Kier molecular flexibility index (Phi) is 5.31. The van der Waals surface area contributed by atoms with Gasteiger partial charge in [0.2, 0.25) is 5.89 Å². The normalized spacial score (nSPS) is 19.4. The Balaban J connectivity index is 1.63. The van der Waals surface area contributed by atoms with Crippen molar-refractivity contribution in [3.8, 4) is 11.5 Å². The third kappa shape index (κ3) is 4.54. The number of hydrogen-bond acceptors (Lipinski definition) is 7. The summed E-state index contributed by atoms with van der Waals surface area (Å²) in [6.45, 7) is 3.01. The monoisotopic (exact) mass is 392 g/mol. The van der Waals surface area contributed by atoms with Crippen LogP contribution in [0, 0.1) is 6.92 Å². The lowest BCUT2D eigenvalue weighted by Crippen LogP contribution is -2.42. The first-order chi connectivity index (χ1) is 12.7. The third-order valence-electron chi connectivity index (χ3n) is 4.24. The minimum atomic E-state index is -3.11. The molecule has 0 bridgehead atoms. The van der Waals surface area contributed by atoms with Gasteiger partial charge in [-0.05, 0) is 32.4 Å². The van der Waals surface area contributed by atoms with Gasteiger partial charge >= 0.3 is 5.97 Å². The molecule has 0 unspecified atom stereocenters. The fourth-order valence-electron chi connectivity index (χ4n) is 2.79. The molecule has 9 heteroatoms. The van der Waals surface area contributed by atoms with E-state index < -0.39 is 33.9 Å². The number of aryl methyl sites for hydroxylation is 1. The van der Waals surface area contributed by atoms with Crippen molar-refractivity contribution in [2.75, 3.05) is 11.5 Å². The zero-order valence-corrected chi connectivity index (χ0v) is 15.8. The van der Waals surface area contributed by atoms with Gasteiger partial charge in [-0.15, -0.1) is 0 Å². The van der Waals surface area contributed by atoms with Crippen LogP contribution in [0.1, 0.15) is 29.6 Å². The highest BCUT2D eigenvalue weighted by molar-refractivity contribution is 7.91. The van der Waals surface area contributed by atoms with E-state index >= 15 is 0 Å². The highest BCUT2D eigenvalue weighted by Crippen LogP contribution is 2.22. The van der Waals surface area contributed by atoms with Crippen molar-refractivity contribution in [1.82, 2.24) is 10.3 Å². The van der Waals surface area contributed by atoms with Crippen LogP contribution >= 0.6 is 0 Å². The maximum absolute atomic E-state index is 12.3. The summed E-state index contributed by atoms with van der Waals surface area (Å²) in [6.07, 6.45) is -0.727. The van der Waals surface area contributed by atoms with Crippen LogP contribution in [-0.2, 0) is 19.4 Å². The van der Waals surface area contributed by atoms with Crippen LogP contribution in [-0.4, -0.2) is 48.9 Å². The molecule has 8 nitrogen and oxygen atoms in total. The number of benzene rings is 1. The predicted molar refractivity (Wildman–Crippen MR) is 96.8 cm³/mol. The van der Waals surface area contributed by atoms with E-state index in [1.54, 1.807) is 19.1 Å². The van der Waals surface area contributed by atoms with Gasteiger partial charge < -0.3 is 14.5 Å². The molecule has 27 heavy (non-hydrogen) atoms. The molecule has 1 fully saturated rings. The average Bonchev–Trinajstić information content (AvgIpc) is 3.17. The van der Waals surface area contributed by atoms with E-state index in [9.17, 15) is 18.0 Å². The number of nitrogens with zero attached hydrogens (tertiary/aromatic N) is 1. The first kappa shape index (κ1) is 19.1. The van der Waals surface area contributed by atoms with Crippen molar-refractivity contribution in [3.63, 3.8) is 0 Å². The summed E-state index contributed by atoms with van der Waals surface area (Å²) in [5.41, 5.74) is 0.713. The molecule has 1 aromatic carbocycles. The number of hydrogen-bond donors (Lipinski definition) is 1. The largest absolute Gasteiger partial charge is 0.448 e. The Labute approximate surface area is 156 Å². The van der Waals surface area contributed by atoms with Crippen LogP contribution in [0.5, 0.6) is 0 Å². The van der Waals surface area contributed by atoms with Crippen molar-refractivity contribution >= 4 is 21.7 Å². The van der Waals surface area contributed by atoms with Gasteiger partial charge in [0, 0.05) is 11.6 Å². The number of oxazole rings is 1. The molecule has 1 aliphatic rings. The summed E-state index contributed by atoms with van der Waals surface area (Å²) >= 11 is 0. The summed E-state index contributed by atoms with van der Waals surface area (Å²) in [4.78, 5) is 28.7. The van der Waals surface area contributed by atoms with Crippen molar-refractivity contribution in [2.24, 2.45) is 0 Å². The number of carbonyl (C=O) groups is 2. The molecular formula is C18H20N2O6S. The first-order valence-corrected chi connectivity index (χ1v) is 10.3. The van der Waals surface area contributed by atoms with Crippen LogP contribution in [0.3, 0.4) is 0 Å². The number of ether oxygens (including phenoxy) is 1. The quantitative estimate of drug-likeness (QED) is 0.767. The second kappa shape index (κ2) is 7.51. The van der Waals surface area contributed by atoms with Gasteiger partial charge in [-0.1, -0.05) is 18.2 Å². The molecule has 0 saturated carbocycles. The van der Waals surface area contributed by atoms with E-state index in [0.29, 0.717) is 12.0 Å². The van der Waals surface area contributed by atoms with E-state index in [1.165, 1.54) is 6.92 Å². The zero-order chi connectivity index (χ0) is 19.6. The standard InChI is InChI=1S/C18H20N2O6S/c1-11-15(20-17(25-11)13-6-4-3-5-7-13)18(22)26-12(2)16(21)19-14-8-9-27(23,24)10-14/h3-7,12,14H,8-10H2,1-2H3,(H,19,21)/t12-,14+/m1/s1. The van der Waals surface area contributed by atoms with Crippen LogP contribution in [0.15, 0.2) is 34.7 Å². The van der Waals surface area contributed by atoms with Crippen LogP contribution in [0.4, 0.5) is 0 Å². The second-order valence-corrected chi connectivity index (χ2v) is 8.67. The van der Waals surface area contributed by atoms with Gasteiger partial charge in [-0.25, -0.2) is 18.2 Å². The SMILES string of the molecule is Cc1oc(-c2ccccc2)nc1C(=O)O[C@H](C)C(=O)N[C@H]1CCS(=O)(=O)C1. The van der Waals surface area contributed by atoms with E-state index in [0.717, 1.165) is 0 Å². The topological polar surface area (TPSA) is 116 Å². The first-order valence-electron chi connectivity index (χ1n) is 8.50. The van der Waals surface area contributed by atoms with Gasteiger partial charge in [0.1, 0.15) is 5.76 Å². The van der Waals surface area contributed by atoms with Crippen LogP contribution < -0.4 is 5.32 Å². The highest BCUT2D eigenvalue weighted by atomic mass is 32.2. The van der Waals surface area contributed by atoms with E-state index in [1.807, 2.05) is 18.2 Å². The Morgan fingerprint density at radius 1 is 1.30 bits per heavy atom. The molecule has 3 rings (SSSR count). The Hall–Kier alpha value is -2.68. The maximum Gasteiger partial charge on any atom is 0.361 e. The Bertz CT molecular complexity index is 951. The molecule has 1 aromatic heterocycles. The number of esters is 1. The minimum absolute atomic E-state index is 0.00283. The van der Waals surface area contributed by atoms with Gasteiger partial charge in [0.05, 0.1) is 11.5 Å².